The summed E-state index contributed by atoms with van der Waals surface area (Å²) in [5.41, 5.74) is 8.66. The smallest absolute Gasteiger partial charge is 0.229 e. The van der Waals surface area contributed by atoms with Gasteiger partial charge >= 0.3 is 0 Å². The second-order valence-corrected chi connectivity index (χ2v) is 19.8. The van der Waals surface area contributed by atoms with Crippen LogP contribution >= 0.6 is 0 Å². The van der Waals surface area contributed by atoms with Gasteiger partial charge in [0.1, 0.15) is 16.7 Å². The van der Waals surface area contributed by atoms with Gasteiger partial charge in [0.2, 0.25) is 17.5 Å². The van der Waals surface area contributed by atoms with E-state index in [-0.39, 0.29) is 31.2 Å². The van der Waals surface area contributed by atoms with Crippen LogP contribution in [0.1, 0.15) is 88.5 Å². The number of carbonyl (C=O) groups excluding carboxylic acids is 2. The summed E-state index contributed by atoms with van der Waals surface area (Å²) in [4.78, 5) is 28.7. The SMILES string of the molecule is Cc1ccccc1CN(C(=O)CCNC(=O)CCCCC[N+]1=C(/C=C/C=C/C=C2\Nc3ccc(S(=O)O)cc3C2(C)C)C(C)(C)C2=C1C=CC(S(=O)(=O)[O-])C2)c1ccccc1C. The van der Waals surface area contributed by atoms with Crippen LogP contribution in [0.25, 0.3) is 0 Å². The Morgan fingerprint density at radius 1 is 0.952 bits per heavy atom. The quantitative estimate of drug-likeness (QED) is 0.0401. The van der Waals surface area contributed by atoms with Gasteiger partial charge in [-0.2, -0.15) is 4.58 Å². The molecule has 0 aromatic heterocycles. The Balaban J connectivity index is 1.06. The van der Waals surface area contributed by atoms with Crippen molar-refractivity contribution >= 4 is 50.1 Å². The summed E-state index contributed by atoms with van der Waals surface area (Å²) in [6.07, 6.45) is 15.9. The van der Waals surface area contributed by atoms with Crippen LogP contribution in [0, 0.1) is 19.3 Å². The molecule has 2 unspecified atom stereocenters. The number of hydrogen-bond acceptors (Lipinski definition) is 7. The van der Waals surface area contributed by atoms with Crippen LogP contribution < -0.4 is 15.5 Å². The molecule has 62 heavy (non-hydrogen) atoms. The summed E-state index contributed by atoms with van der Waals surface area (Å²) < 4.78 is 59.8. The van der Waals surface area contributed by atoms with Gasteiger partial charge in [-0.1, -0.05) is 80.6 Å². The van der Waals surface area contributed by atoms with Crippen molar-refractivity contribution in [1.29, 1.82) is 0 Å². The zero-order chi connectivity index (χ0) is 44.8. The fourth-order valence-electron chi connectivity index (χ4n) is 8.57. The molecule has 0 fully saturated rings. The number of hydrogen-bond donors (Lipinski definition) is 3. The number of fused-ring (bicyclic) bond motifs is 1. The highest BCUT2D eigenvalue weighted by Crippen LogP contribution is 2.45. The Kier molecular flexibility index (Phi) is 14.5. The number of allylic oxidation sites excluding steroid dienone is 8. The molecule has 3 aromatic rings. The van der Waals surface area contributed by atoms with Crippen molar-refractivity contribution in [2.24, 2.45) is 5.41 Å². The minimum absolute atomic E-state index is 0.0612. The first-order valence-electron chi connectivity index (χ1n) is 21.2. The Bertz CT molecular complexity index is 2550. The largest absolute Gasteiger partial charge is 0.747 e. The maximum Gasteiger partial charge on any atom is 0.229 e. The van der Waals surface area contributed by atoms with Crippen LogP contribution in [-0.4, -0.2) is 62.2 Å². The maximum atomic E-state index is 13.6. The molecule has 0 saturated heterocycles. The van der Waals surface area contributed by atoms with Crippen molar-refractivity contribution in [3.05, 3.63) is 148 Å². The van der Waals surface area contributed by atoms with Crippen molar-refractivity contribution in [2.75, 3.05) is 23.3 Å². The molecule has 2 heterocycles. The third-order valence-corrected chi connectivity index (χ3v) is 14.0. The fourth-order valence-corrected chi connectivity index (χ4v) is 9.62. The molecule has 2 aliphatic heterocycles. The Morgan fingerprint density at radius 2 is 1.68 bits per heavy atom. The van der Waals surface area contributed by atoms with Gasteiger partial charge in [-0.05, 0) is 99.6 Å². The van der Waals surface area contributed by atoms with Gasteiger partial charge in [0.25, 0.3) is 0 Å². The lowest BCUT2D eigenvalue weighted by molar-refractivity contribution is -0.470. The average Bonchev–Trinajstić information content (AvgIpc) is 3.60. The number of rotatable bonds is 17. The zero-order valence-electron chi connectivity index (χ0n) is 36.4. The molecule has 0 radical (unpaired) electrons. The Labute approximate surface area is 369 Å². The van der Waals surface area contributed by atoms with E-state index in [2.05, 4.69) is 42.9 Å². The molecular weight excluding hydrogens is 821 g/mol. The molecule has 3 N–H and O–H groups in total. The number of benzene rings is 3. The lowest BCUT2D eigenvalue weighted by Crippen LogP contribution is -2.34. The van der Waals surface area contributed by atoms with E-state index in [0.29, 0.717) is 30.8 Å². The average molecular weight is 879 g/mol. The van der Waals surface area contributed by atoms with Gasteiger partial charge in [0, 0.05) is 66.0 Å². The summed E-state index contributed by atoms with van der Waals surface area (Å²) in [5, 5.41) is 5.25. The fraction of sp³-hybridized carbons (Fsp3) is 0.367. The van der Waals surface area contributed by atoms with Crippen LogP contribution in [0.5, 0.6) is 0 Å². The molecule has 2 amide bonds. The summed E-state index contributed by atoms with van der Waals surface area (Å²) in [5.74, 6) is -0.163. The summed E-state index contributed by atoms with van der Waals surface area (Å²) >= 11 is -2.07. The highest BCUT2D eigenvalue weighted by atomic mass is 32.2. The number of para-hydroxylation sites is 1. The highest BCUT2D eigenvalue weighted by Gasteiger charge is 2.47. The lowest BCUT2D eigenvalue weighted by Gasteiger charge is -2.25. The highest BCUT2D eigenvalue weighted by molar-refractivity contribution is 7.86. The van der Waals surface area contributed by atoms with Gasteiger partial charge in [0.15, 0.2) is 16.8 Å². The molecular formula is C49H58N4O7S2. The van der Waals surface area contributed by atoms with E-state index in [1.807, 2.05) is 98.8 Å². The normalized spacial score (nSPS) is 19.0. The van der Waals surface area contributed by atoms with E-state index < -0.39 is 37.3 Å². The van der Waals surface area contributed by atoms with Crippen molar-refractivity contribution < 1.29 is 35.9 Å². The van der Waals surface area contributed by atoms with Gasteiger partial charge in [-0.15, -0.1) is 0 Å². The molecule has 0 bridgehead atoms. The molecule has 6 rings (SSSR count). The van der Waals surface area contributed by atoms with Gasteiger partial charge in [-0.3, -0.25) is 9.59 Å². The van der Waals surface area contributed by atoms with E-state index >= 15 is 0 Å². The Morgan fingerprint density at radius 3 is 2.39 bits per heavy atom. The molecule has 1 aliphatic carbocycles. The van der Waals surface area contributed by atoms with Crippen molar-refractivity contribution in [3.8, 4) is 0 Å². The number of carbonyl (C=O) groups is 2. The summed E-state index contributed by atoms with van der Waals surface area (Å²) in [7, 11) is -4.52. The zero-order valence-corrected chi connectivity index (χ0v) is 38.1. The van der Waals surface area contributed by atoms with Crippen molar-refractivity contribution in [3.63, 3.8) is 0 Å². The second-order valence-electron chi connectivity index (χ2n) is 17.3. The molecule has 3 aromatic carbocycles. The topological polar surface area (TPSA) is 159 Å². The minimum atomic E-state index is -4.52. The summed E-state index contributed by atoms with van der Waals surface area (Å²) in [6.45, 7) is 13.6. The lowest BCUT2D eigenvalue weighted by atomic mass is 9.77. The molecule has 328 valence electrons. The Hall–Kier alpha value is -5.21. The first-order chi connectivity index (χ1) is 29.4. The van der Waals surface area contributed by atoms with E-state index in [1.54, 1.807) is 23.1 Å². The number of unbranched alkanes of at least 4 members (excludes halogenated alkanes) is 2. The van der Waals surface area contributed by atoms with Gasteiger partial charge < -0.3 is 24.6 Å². The standard InChI is InChI=1S/C49H58N4O7S2/c1-34-17-12-14-19-36(34)33-53(42-20-15-13-18-35(42)2)47(55)28-29-50-46(54)23-11-8-16-30-52-43-27-25-38(62(58,59)60)32-40(43)49(5,6)45(52)22-10-7-9-21-44-48(3,4)39-31-37(61(56)57)24-26-41(39)51-44/h7,9-10,12-15,17-22,24-27,31,38H,8,11,16,23,28-30,32-33H2,1-6H3,(H3,50,54,56,57,58,59,60). The van der Waals surface area contributed by atoms with Crippen molar-refractivity contribution in [1.82, 2.24) is 5.32 Å². The summed E-state index contributed by atoms with van der Waals surface area (Å²) in [6, 6.07) is 21.1. The third kappa shape index (κ3) is 10.5. The minimum Gasteiger partial charge on any atom is -0.747 e. The van der Waals surface area contributed by atoms with E-state index in [4.69, 9.17) is 0 Å². The van der Waals surface area contributed by atoms with Crippen LogP contribution in [0.15, 0.2) is 131 Å². The van der Waals surface area contributed by atoms with Gasteiger partial charge in [0.05, 0.1) is 22.1 Å². The first-order valence-corrected chi connectivity index (χ1v) is 23.7. The molecule has 11 nitrogen and oxygen atoms in total. The molecule has 3 aliphatic rings. The van der Waals surface area contributed by atoms with Crippen LogP contribution in [0.4, 0.5) is 11.4 Å². The van der Waals surface area contributed by atoms with Gasteiger partial charge in [-0.25, -0.2) is 12.6 Å². The second kappa shape index (κ2) is 19.5. The number of anilines is 2. The number of amides is 2. The number of nitrogens with one attached hydrogen (secondary N) is 2. The molecule has 13 heteroatoms. The molecule has 2 atom stereocenters. The van der Waals surface area contributed by atoms with Crippen LogP contribution in [0.2, 0.25) is 0 Å². The van der Waals surface area contributed by atoms with E-state index in [0.717, 1.165) is 69.1 Å². The monoisotopic (exact) mass is 878 g/mol. The van der Waals surface area contributed by atoms with E-state index in [9.17, 15) is 31.3 Å². The number of aryl methyl sites for hydroxylation is 2. The predicted octanol–water partition coefficient (Wildman–Crippen LogP) is 8.50. The van der Waals surface area contributed by atoms with Crippen LogP contribution in [0.3, 0.4) is 0 Å². The first kappa shape index (κ1) is 46.3. The van der Waals surface area contributed by atoms with Crippen molar-refractivity contribution in [2.45, 2.75) is 102 Å². The maximum absolute atomic E-state index is 13.6. The number of nitrogens with zero attached hydrogens (tertiary/aromatic N) is 2. The van der Waals surface area contributed by atoms with Crippen LogP contribution in [-0.2, 0) is 42.7 Å². The third-order valence-electron chi connectivity index (χ3n) is 12.3. The molecule has 0 spiro atoms. The predicted molar refractivity (Wildman–Crippen MR) is 246 cm³/mol. The molecule has 0 saturated carbocycles. The van der Waals surface area contributed by atoms with E-state index in [1.165, 1.54) is 6.08 Å².